The summed E-state index contributed by atoms with van der Waals surface area (Å²) in [4.78, 5) is 31.4. The van der Waals surface area contributed by atoms with Crippen LogP contribution in [0.15, 0.2) is 40.3 Å². The molecule has 3 rings (SSSR count). The van der Waals surface area contributed by atoms with E-state index in [1.807, 2.05) is 18.2 Å². The number of fused-ring (bicyclic) bond motifs is 1. The number of ether oxygens (including phenoxy) is 2. The van der Waals surface area contributed by atoms with Crippen molar-refractivity contribution in [3.8, 4) is 0 Å². The maximum Gasteiger partial charge on any atom is 0.337 e. The minimum absolute atomic E-state index is 0.00518. The first kappa shape index (κ1) is 21.5. The summed E-state index contributed by atoms with van der Waals surface area (Å²) in [7, 11) is 3.02. The van der Waals surface area contributed by atoms with Crippen LogP contribution in [0.25, 0.3) is 10.2 Å². The van der Waals surface area contributed by atoms with Crippen LogP contribution in [0.2, 0.25) is 0 Å². The summed E-state index contributed by atoms with van der Waals surface area (Å²) in [6, 6.07) is 9.24. The number of hydrogen-bond donors (Lipinski definition) is 0. The quantitative estimate of drug-likeness (QED) is 0.219. The van der Waals surface area contributed by atoms with E-state index in [4.69, 9.17) is 14.5 Å². The Bertz CT molecular complexity index is 1040. The van der Waals surface area contributed by atoms with E-state index in [2.05, 4.69) is 6.92 Å². The van der Waals surface area contributed by atoms with Crippen molar-refractivity contribution in [2.75, 3.05) is 20.8 Å². The Morgan fingerprint density at radius 2 is 2.00 bits per heavy atom. The Balaban J connectivity index is 1.86. The summed E-state index contributed by atoms with van der Waals surface area (Å²) in [5, 5.41) is 1.40. The molecule has 0 spiro atoms. The number of nitrogens with zero attached hydrogens (tertiary/aromatic N) is 2. The second-order valence-electron chi connectivity index (χ2n) is 6.46. The average molecular weight is 433 g/mol. The Morgan fingerprint density at radius 1 is 1.24 bits per heavy atom. The van der Waals surface area contributed by atoms with Gasteiger partial charge in [-0.05, 0) is 36.6 Å². The van der Waals surface area contributed by atoms with Crippen LogP contribution in [-0.4, -0.2) is 36.3 Å². The van der Waals surface area contributed by atoms with E-state index in [0.29, 0.717) is 35.0 Å². The van der Waals surface area contributed by atoms with Crippen LogP contribution >= 0.6 is 23.1 Å². The molecule has 0 amide bonds. The molecule has 3 aromatic rings. The molecule has 0 saturated heterocycles. The Morgan fingerprint density at radius 3 is 2.66 bits per heavy atom. The zero-order chi connectivity index (χ0) is 20.8. The number of methoxy groups -OCH3 is 2. The van der Waals surface area contributed by atoms with Crippen LogP contribution < -0.4 is 5.56 Å². The molecule has 0 aliphatic carbocycles. The van der Waals surface area contributed by atoms with Gasteiger partial charge in [0.2, 0.25) is 0 Å². The Kier molecular flexibility index (Phi) is 7.46. The zero-order valence-corrected chi connectivity index (χ0v) is 18.4. The van der Waals surface area contributed by atoms with E-state index in [1.54, 1.807) is 35.1 Å². The van der Waals surface area contributed by atoms with Gasteiger partial charge in [0.15, 0.2) is 5.16 Å². The maximum absolute atomic E-state index is 13.1. The first-order valence-corrected chi connectivity index (χ1v) is 11.2. The van der Waals surface area contributed by atoms with Crippen LogP contribution in [0.1, 0.15) is 34.1 Å². The summed E-state index contributed by atoms with van der Waals surface area (Å²) in [5.74, 6) is 0.295. The molecule has 0 unspecified atom stereocenters. The van der Waals surface area contributed by atoms with E-state index in [1.165, 1.54) is 18.9 Å². The average Bonchev–Trinajstić information content (AvgIpc) is 3.17. The molecule has 0 N–H and O–H groups in total. The van der Waals surface area contributed by atoms with Crippen LogP contribution in [0.4, 0.5) is 0 Å². The molecule has 0 aliphatic rings. The molecule has 0 saturated carbocycles. The Labute approximate surface area is 177 Å². The molecular formula is C21H24N2O4S2. The smallest absolute Gasteiger partial charge is 0.337 e. The zero-order valence-electron chi connectivity index (χ0n) is 16.8. The van der Waals surface area contributed by atoms with E-state index in [9.17, 15) is 9.59 Å². The molecule has 0 bridgehead atoms. The fraction of sp³-hybridized carbons (Fsp3) is 0.381. The third-order valence-electron chi connectivity index (χ3n) is 4.49. The highest BCUT2D eigenvalue weighted by molar-refractivity contribution is 7.98. The molecule has 0 atom stereocenters. The molecule has 2 heterocycles. The van der Waals surface area contributed by atoms with Gasteiger partial charge in [-0.25, -0.2) is 9.78 Å². The van der Waals surface area contributed by atoms with Crippen LogP contribution in [0, 0.1) is 0 Å². The number of rotatable bonds is 9. The number of benzene rings is 1. The van der Waals surface area contributed by atoms with Gasteiger partial charge in [-0.2, -0.15) is 0 Å². The maximum atomic E-state index is 13.1. The van der Waals surface area contributed by atoms with Gasteiger partial charge < -0.3 is 9.47 Å². The molecule has 29 heavy (non-hydrogen) atoms. The summed E-state index contributed by atoms with van der Waals surface area (Å²) in [6.45, 7) is 3.24. The van der Waals surface area contributed by atoms with E-state index in [0.717, 1.165) is 28.1 Å². The van der Waals surface area contributed by atoms with Gasteiger partial charge in [-0.15, -0.1) is 11.3 Å². The lowest BCUT2D eigenvalue weighted by Gasteiger charge is -2.12. The first-order valence-electron chi connectivity index (χ1n) is 9.39. The summed E-state index contributed by atoms with van der Waals surface area (Å²) >= 11 is 3.10. The molecule has 0 radical (unpaired) electrons. The second-order valence-corrected chi connectivity index (χ2v) is 8.52. The third-order valence-corrected chi connectivity index (χ3v) is 6.71. The van der Waals surface area contributed by atoms with E-state index in [-0.39, 0.29) is 11.5 Å². The monoisotopic (exact) mass is 432 g/mol. The van der Waals surface area contributed by atoms with E-state index >= 15 is 0 Å². The lowest BCUT2D eigenvalue weighted by molar-refractivity contribution is 0.0600. The molecule has 1 aromatic carbocycles. The normalized spacial score (nSPS) is 11.1. The SMILES string of the molecule is CCc1cc2c(=O)n(CCCOC)c(SCc3ccc(C(=O)OC)cc3)nc2s1. The predicted molar refractivity (Wildman–Crippen MR) is 117 cm³/mol. The minimum Gasteiger partial charge on any atom is -0.465 e. The summed E-state index contributed by atoms with van der Waals surface area (Å²) in [6.07, 6.45) is 1.63. The molecular weight excluding hydrogens is 408 g/mol. The van der Waals surface area contributed by atoms with Gasteiger partial charge in [-0.3, -0.25) is 9.36 Å². The molecule has 0 fully saturated rings. The minimum atomic E-state index is -0.354. The molecule has 154 valence electrons. The van der Waals surface area contributed by atoms with Crippen molar-refractivity contribution in [3.05, 3.63) is 56.7 Å². The van der Waals surface area contributed by atoms with Gasteiger partial charge in [0.25, 0.3) is 5.56 Å². The number of aromatic nitrogens is 2. The summed E-state index contributed by atoms with van der Waals surface area (Å²) in [5.41, 5.74) is 1.56. The number of esters is 1. The lowest BCUT2D eigenvalue weighted by atomic mass is 10.1. The third kappa shape index (κ3) is 5.07. The second kappa shape index (κ2) is 10.0. The van der Waals surface area contributed by atoms with Crippen molar-refractivity contribution in [2.45, 2.75) is 37.2 Å². The van der Waals surface area contributed by atoms with Crippen molar-refractivity contribution in [1.29, 1.82) is 0 Å². The molecule has 6 nitrogen and oxygen atoms in total. The van der Waals surface area contributed by atoms with Crippen molar-refractivity contribution in [3.63, 3.8) is 0 Å². The highest BCUT2D eigenvalue weighted by atomic mass is 32.2. The number of aryl methyl sites for hydroxylation is 1. The molecule has 2 aromatic heterocycles. The number of thiophene rings is 1. The largest absolute Gasteiger partial charge is 0.465 e. The standard InChI is InChI=1S/C21H24N2O4S2/c1-4-16-12-17-18(29-16)22-21(23(19(17)24)10-5-11-26-2)28-13-14-6-8-15(9-7-14)20(25)27-3/h6-9,12H,4-5,10-11,13H2,1-3H3. The van der Waals surface area contributed by atoms with Gasteiger partial charge in [-0.1, -0.05) is 30.8 Å². The number of hydrogen-bond acceptors (Lipinski definition) is 7. The van der Waals surface area contributed by atoms with Crippen molar-refractivity contribution >= 4 is 39.3 Å². The lowest BCUT2D eigenvalue weighted by Crippen LogP contribution is -2.23. The summed E-state index contributed by atoms with van der Waals surface area (Å²) < 4.78 is 11.6. The highest BCUT2D eigenvalue weighted by Gasteiger charge is 2.14. The molecule has 0 aliphatic heterocycles. The van der Waals surface area contributed by atoms with Crippen molar-refractivity contribution in [2.24, 2.45) is 0 Å². The number of thioether (sulfide) groups is 1. The number of carbonyl (C=O) groups is 1. The van der Waals surface area contributed by atoms with E-state index < -0.39 is 0 Å². The van der Waals surface area contributed by atoms with Crippen LogP contribution in [-0.2, 0) is 28.2 Å². The predicted octanol–water partition coefficient (Wildman–Crippen LogP) is 4.14. The topological polar surface area (TPSA) is 70.4 Å². The van der Waals surface area contributed by atoms with Crippen molar-refractivity contribution in [1.82, 2.24) is 9.55 Å². The fourth-order valence-electron chi connectivity index (χ4n) is 2.90. The van der Waals surface area contributed by atoms with Gasteiger partial charge in [0.05, 0.1) is 18.1 Å². The van der Waals surface area contributed by atoms with Crippen molar-refractivity contribution < 1.29 is 14.3 Å². The first-order chi connectivity index (χ1) is 14.1. The van der Waals surface area contributed by atoms with Gasteiger partial charge in [0, 0.05) is 30.9 Å². The molecule has 8 heteroatoms. The van der Waals surface area contributed by atoms with Crippen LogP contribution in [0.5, 0.6) is 0 Å². The highest BCUT2D eigenvalue weighted by Crippen LogP contribution is 2.27. The Hall–Kier alpha value is -2.16. The van der Waals surface area contributed by atoms with Gasteiger partial charge >= 0.3 is 5.97 Å². The van der Waals surface area contributed by atoms with Crippen LogP contribution in [0.3, 0.4) is 0 Å². The fourth-order valence-corrected chi connectivity index (χ4v) is 4.89. The van der Waals surface area contributed by atoms with Gasteiger partial charge in [0.1, 0.15) is 4.83 Å². The number of carbonyl (C=O) groups excluding carboxylic acids is 1.